The molecule has 33 heavy (non-hydrogen) atoms. The minimum atomic E-state index is -0.323. The predicted molar refractivity (Wildman–Crippen MR) is 132 cm³/mol. The van der Waals surface area contributed by atoms with E-state index in [1.165, 1.54) is 53.8 Å². The molecule has 0 aromatic heterocycles. The summed E-state index contributed by atoms with van der Waals surface area (Å²) in [6.07, 6.45) is 8.84. The molecule has 7 nitrogen and oxygen atoms in total. The minimum absolute atomic E-state index is 0.0361. The molecule has 1 aromatic rings. The fourth-order valence-electron chi connectivity index (χ4n) is 5.52. The van der Waals surface area contributed by atoms with Crippen molar-refractivity contribution in [3.05, 3.63) is 29.3 Å². The topological polar surface area (TPSA) is 59.1 Å². The molecule has 3 fully saturated rings. The Labute approximate surface area is 199 Å². The molecular formula is C26H41N5O2. The van der Waals surface area contributed by atoms with Crippen molar-refractivity contribution in [1.82, 2.24) is 20.0 Å². The molecule has 3 amide bonds. The number of benzene rings is 1. The molecule has 0 bridgehead atoms. The number of amides is 3. The number of imide groups is 1. The van der Waals surface area contributed by atoms with E-state index in [0.29, 0.717) is 6.54 Å². The summed E-state index contributed by atoms with van der Waals surface area (Å²) in [5.41, 5.74) is 3.71. The number of rotatable bonds is 9. The average molecular weight is 456 g/mol. The summed E-state index contributed by atoms with van der Waals surface area (Å²) in [6.45, 7) is 8.81. The van der Waals surface area contributed by atoms with Crippen molar-refractivity contribution in [2.75, 3.05) is 31.6 Å². The average Bonchev–Trinajstić information content (AvgIpc) is 3.21. The third-order valence-electron chi connectivity index (χ3n) is 7.68. The number of hydrogen-bond donors (Lipinski definition) is 1. The molecule has 0 saturated carbocycles. The standard InChI is InChI=1S/C26H41N5O2/c1-5-6-7-8-9-10-11-15-31-24(32)22-23(28(4)26(31)33)27-25-29(16-12-17-30(22)25)21-14-13-19(2)20(3)18-21/h13-14,18,22-23,25,27H,5-12,15-17H2,1-4H3. The van der Waals surface area contributed by atoms with E-state index in [1.807, 2.05) is 7.05 Å². The highest BCUT2D eigenvalue weighted by Gasteiger charge is 2.55. The third-order valence-corrected chi connectivity index (χ3v) is 7.68. The van der Waals surface area contributed by atoms with Crippen LogP contribution in [0.4, 0.5) is 10.5 Å². The highest BCUT2D eigenvalue weighted by Crippen LogP contribution is 2.33. The van der Waals surface area contributed by atoms with E-state index >= 15 is 0 Å². The van der Waals surface area contributed by atoms with Crippen LogP contribution in [0, 0.1) is 13.8 Å². The van der Waals surface area contributed by atoms with Crippen molar-refractivity contribution < 1.29 is 9.59 Å². The Bertz CT molecular complexity index is 859. The van der Waals surface area contributed by atoms with Gasteiger partial charge in [-0.2, -0.15) is 0 Å². The number of carbonyl (C=O) groups excluding carboxylic acids is 2. The lowest BCUT2D eigenvalue weighted by Gasteiger charge is -2.44. The molecule has 7 heteroatoms. The molecule has 1 aromatic carbocycles. The lowest BCUT2D eigenvalue weighted by atomic mass is 10.1. The van der Waals surface area contributed by atoms with Crippen LogP contribution in [0.5, 0.6) is 0 Å². The van der Waals surface area contributed by atoms with Crippen molar-refractivity contribution in [3.63, 3.8) is 0 Å². The van der Waals surface area contributed by atoms with Crippen LogP contribution in [0.3, 0.4) is 0 Å². The molecule has 4 rings (SSSR count). The van der Waals surface area contributed by atoms with E-state index in [0.717, 1.165) is 32.4 Å². The van der Waals surface area contributed by atoms with Gasteiger partial charge in [-0.25, -0.2) is 4.79 Å². The molecule has 0 aliphatic carbocycles. The quantitative estimate of drug-likeness (QED) is 0.570. The maximum absolute atomic E-state index is 13.5. The molecule has 3 aliphatic heterocycles. The number of hydrogen-bond acceptors (Lipinski definition) is 5. The molecule has 3 atom stereocenters. The van der Waals surface area contributed by atoms with E-state index in [2.05, 4.69) is 54.1 Å². The summed E-state index contributed by atoms with van der Waals surface area (Å²) in [7, 11) is 1.83. The number of anilines is 1. The maximum atomic E-state index is 13.5. The van der Waals surface area contributed by atoms with Crippen molar-refractivity contribution in [2.24, 2.45) is 0 Å². The summed E-state index contributed by atoms with van der Waals surface area (Å²) < 4.78 is 0. The molecule has 3 saturated heterocycles. The van der Waals surface area contributed by atoms with Gasteiger partial charge in [0.1, 0.15) is 18.5 Å². The van der Waals surface area contributed by atoms with Gasteiger partial charge in [0.2, 0.25) is 0 Å². The van der Waals surface area contributed by atoms with Crippen LogP contribution in [0.25, 0.3) is 0 Å². The van der Waals surface area contributed by atoms with Gasteiger partial charge in [0, 0.05) is 32.4 Å². The fraction of sp³-hybridized carbons (Fsp3) is 0.692. The van der Waals surface area contributed by atoms with E-state index in [-0.39, 0.29) is 30.4 Å². The van der Waals surface area contributed by atoms with E-state index in [1.54, 1.807) is 4.90 Å². The first-order chi connectivity index (χ1) is 15.9. The fourth-order valence-corrected chi connectivity index (χ4v) is 5.52. The van der Waals surface area contributed by atoms with Gasteiger partial charge in [-0.05, 0) is 49.9 Å². The number of unbranched alkanes of at least 4 members (excludes halogenated alkanes) is 6. The van der Waals surface area contributed by atoms with Crippen LogP contribution in [-0.2, 0) is 4.79 Å². The lowest BCUT2D eigenvalue weighted by Crippen LogP contribution is -2.66. The first kappa shape index (κ1) is 24.0. The SMILES string of the molecule is CCCCCCCCCN1C(=O)C2C(NC3N(c4ccc(C)c(C)c4)CCCN23)N(C)C1=O. The van der Waals surface area contributed by atoms with Gasteiger partial charge in [-0.1, -0.05) is 51.5 Å². The molecule has 3 unspecified atom stereocenters. The van der Waals surface area contributed by atoms with Gasteiger partial charge >= 0.3 is 6.03 Å². The Hall–Kier alpha value is -2.12. The van der Waals surface area contributed by atoms with Crippen LogP contribution >= 0.6 is 0 Å². The number of carbonyl (C=O) groups is 2. The Morgan fingerprint density at radius 3 is 2.42 bits per heavy atom. The normalized spacial score (nSPS) is 25.6. The highest BCUT2D eigenvalue weighted by molar-refractivity contribution is 6.00. The van der Waals surface area contributed by atoms with Crippen LogP contribution in [0.15, 0.2) is 18.2 Å². The summed E-state index contributed by atoms with van der Waals surface area (Å²) in [5.74, 6) is -0.0361. The minimum Gasteiger partial charge on any atom is -0.343 e. The van der Waals surface area contributed by atoms with Crippen LogP contribution in [-0.4, -0.2) is 71.8 Å². The Kier molecular flexibility index (Phi) is 7.59. The maximum Gasteiger partial charge on any atom is 0.327 e. The second-order valence-electron chi connectivity index (χ2n) is 9.99. The van der Waals surface area contributed by atoms with Crippen molar-refractivity contribution in [2.45, 2.75) is 90.6 Å². The van der Waals surface area contributed by atoms with Gasteiger partial charge in [-0.3, -0.25) is 19.9 Å². The summed E-state index contributed by atoms with van der Waals surface area (Å²) in [6, 6.07) is 6.07. The molecule has 1 N–H and O–H groups in total. The van der Waals surface area contributed by atoms with E-state index in [4.69, 9.17) is 0 Å². The summed E-state index contributed by atoms with van der Waals surface area (Å²) in [4.78, 5) is 34.5. The molecule has 3 aliphatic rings. The Morgan fingerprint density at radius 1 is 0.970 bits per heavy atom. The number of aryl methyl sites for hydroxylation is 2. The number of urea groups is 1. The lowest BCUT2D eigenvalue weighted by molar-refractivity contribution is -0.138. The monoisotopic (exact) mass is 455 g/mol. The first-order valence-corrected chi connectivity index (χ1v) is 12.9. The van der Waals surface area contributed by atoms with E-state index in [9.17, 15) is 9.59 Å². The molecule has 0 spiro atoms. The number of fused-ring (bicyclic) bond motifs is 3. The Balaban J connectivity index is 1.44. The predicted octanol–water partition coefficient (Wildman–Crippen LogP) is 4.04. The molecular weight excluding hydrogens is 414 g/mol. The summed E-state index contributed by atoms with van der Waals surface area (Å²) >= 11 is 0. The van der Waals surface area contributed by atoms with Gasteiger partial charge in [-0.15, -0.1) is 0 Å². The molecule has 0 radical (unpaired) electrons. The second kappa shape index (κ2) is 10.4. The largest absolute Gasteiger partial charge is 0.343 e. The molecule has 3 heterocycles. The zero-order valence-corrected chi connectivity index (χ0v) is 20.8. The van der Waals surface area contributed by atoms with Gasteiger partial charge in [0.25, 0.3) is 5.91 Å². The van der Waals surface area contributed by atoms with Crippen molar-refractivity contribution >= 4 is 17.6 Å². The van der Waals surface area contributed by atoms with Gasteiger partial charge in [0.15, 0.2) is 0 Å². The molecule has 182 valence electrons. The summed E-state index contributed by atoms with van der Waals surface area (Å²) in [5, 5.41) is 3.61. The van der Waals surface area contributed by atoms with Crippen molar-refractivity contribution in [3.8, 4) is 0 Å². The number of likely N-dealkylation sites (N-methyl/N-ethyl adjacent to an activating group) is 1. The smallest absolute Gasteiger partial charge is 0.327 e. The number of nitrogens with one attached hydrogen (secondary N) is 1. The van der Waals surface area contributed by atoms with Crippen LogP contribution in [0.1, 0.15) is 69.4 Å². The highest BCUT2D eigenvalue weighted by atomic mass is 16.2. The third kappa shape index (κ3) is 4.76. The zero-order chi connectivity index (χ0) is 23.5. The van der Waals surface area contributed by atoms with Crippen LogP contribution < -0.4 is 10.2 Å². The second-order valence-corrected chi connectivity index (χ2v) is 9.99. The zero-order valence-electron chi connectivity index (χ0n) is 20.8. The van der Waals surface area contributed by atoms with Crippen LogP contribution in [0.2, 0.25) is 0 Å². The van der Waals surface area contributed by atoms with Crippen molar-refractivity contribution in [1.29, 1.82) is 0 Å². The Morgan fingerprint density at radius 2 is 1.70 bits per heavy atom. The van der Waals surface area contributed by atoms with E-state index < -0.39 is 0 Å². The first-order valence-electron chi connectivity index (χ1n) is 12.9. The van der Waals surface area contributed by atoms with Gasteiger partial charge < -0.3 is 9.80 Å². The number of nitrogens with zero attached hydrogens (tertiary/aromatic N) is 4. The van der Waals surface area contributed by atoms with Gasteiger partial charge in [0.05, 0.1) is 0 Å².